The molecule has 0 atom stereocenters. The molecule has 0 spiro atoms. The minimum Gasteiger partial charge on any atom is -1.00 e. The quantitative estimate of drug-likeness (QED) is 0.441. The van der Waals surface area contributed by atoms with Gasteiger partial charge in [-0.3, -0.25) is 4.98 Å². The molecule has 4 heteroatoms. The Hall–Kier alpha value is -0.271. The second-order valence-electron chi connectivity index (χ2n) is 2.20. The Kier molecular flexibility index (Phi) is 8.38. The molecule has 0 bridgehead atoms. The van der Waals surface area contributed by atoms with Crippen LogP contribution in [0.4, 0.5) is 0 Å². The number of hydrogen-bond acceptors (Lipinski definition) is 1. The fourth-order valence-electron chi connectivity index (χ4n) is 1.02. The zero-order valence-electron chi connectivity index (χ0n) is 6.60. The molecule has 13 heavy (non-hydrogen) atoms. The number of benzene rings is 1. The minimum absolute atomic E-state index is 0. The van der Waals surface area contributed by atoms with Crippen molar-refractivity contribution in [1.29, 1.82) is 0 Å². The summed E-state index contributed by atoms with van der Waals surface area (Å²) < 4.78 is 0. The molecule has 1 aromatic heterocycles. The summed E-state index contributed by atoms with van der Waals surface area (Å²) in [6.45, 7) is 0. The van der Waals surface area contributed by atoms with E-state index < -0.39 is 0 Å². The van der Waals surface area contributed by atoms with Crippen molar-refractivity contribution in [2.24, 2.45) is 0 Å². The van der Waals surface area contributed by atoms with Crippen molar-refractivity contribution >= 4 is 10.9 Å². The maximum absolute atomic E-state index is 4.18. The number of pyridine rings is 1. The second-order valence-corrected chi connectivity index (χ2v) is 2.20. The summed E-state index contributed by atoms with van der Waals surface area (Å²) in [5.74, 6) is 0. The maximum atomic E-state index is 4.18. The Bertz CT molecular complexity index is 289. The summed E-state index contributed by atoms with van der Waals surface area (Å²) in [4.78, 5) is 4.18. The molecule has 1 heterocycles. The molecular weight excluding hydrogens is 249 g/mol. The van der Waals surface area contributed by atoms with Gasteiger partial charge in [-0.2, -0.15) is 0 Å². The van der Waals surface area contributed by atoms with E-state index in [4.69, 9.17) is 0 Å². The van der Waals surface area contributed by atoms with E-state index in [-0.39, 0.29) is 41.9 Å². The van der Waals surface area contributed by atoms with Gasteiger partial charge in [-0.05, 0) is 12.1 Å². The summed E-state index contributed by atoms with van der Waals surface area (Å²) in [7, 11) is 0. The minimum atomic E-state index is 0. The van der Waals surface area contributed by atoms with E-state index in [0.717, 1.165) is 5.52 Å². The molecule has 2 aromatic rings. The van der Waals surface area contributed by atoms with Crippen LogP contribution in [0, 0.1) is 0 Å². The van der Waals surface area contributed by atoms with Crippen LogP contribution in [0.3, 0.4) is 0 Å². The third-order valence-electron chi connectivity index (χ3n) is 1.51. The van der Waals surface area contributed by atoms with Gasteiger partial charge in [0, 0.05) is 11.6 Å². The monoisotopic (exact) mass is 255 g/mol. The SMILES string of the molecule is [Cl-].[Cl-].[Fe+2].c1ccc2ncccc2c1. The number of para-hydroxylation sites is 1. The molecule has 0 aliphatic heterocycles. The molecule has 0 saturated heterocycles. The van der Waals surface area contributed by atoms with Crippen LogP contribution in [0.2, 0.25) is 0 Å². The Morgan fingerprint density at radius 1 is 0.846 bits per heavy atom. The zero-order chi connectivity index (χ0) is 6.81. The van der Waals surface area contributed by atoms with E-state index in [1.165, 1.54) is 5.39 Å². The van der Waals surface area contributed by atoms with E-state index in [1.54, 1.807) is 0 Å². The van der Waals surface area contributed by atoms with Crippen LogP contribution in [0.1, 0.15) is 0 Å². The maximum Gasteiger partial charge on any atom is 2.00 e. The number of fused-ring (bicyclic) bond motifs is 1. The van der Waals surface area contributed by atoms with E-state index >= 15 is 0 Å². The van der Waals surface area contributed by atoms with Crippen LogP contribution in [0.25, 0.3) is 10.9 Å². The Morgan fingerprint density at radius 3 is 2.15 bits per heavy atom. The fraction of sp³-hybridized carbons (Fsp3) is 0. The van der Waals surface area contributed by atoms with Gasteiger partial charge in [0.15, 0.2) is 0 Å². The Labute approximate surface area is 100 Å². The molecule has 1 nitrogen and oxygen atoms in total. The predicted molar refractivity (Wildman–Crippen MR) is 41.7 cm³/mol. The van der Waals surface area contributed by atoms with E-state index in [1.807, 2.05) is 30.5 Å². The molecule has 0 aliphatic rings. The van der Waals surface area contributed by atoms with E-state index in [9.17, 15) is 0 Å². The number of rotatable bonds is 0. The van der Waals surface area contributed by atoms with Gasteiger partial charge < -0.3 is 24.8 Å². The van der Waals surface area contributed by atoms with Crippen LogP contribution >= 0.6 is 0 Å². The van der Waals surface area contributed by atoms with Crippen molar-refractivity contribution in [3.05, 3.63) is 42.6 Å². The molecule has 0 unspecified atom stereocenters. The second kappa shape index (κ2) is 7.16. The number of aromatic nitrogens is 1. The number of nitrogens with zero attached hydrogens (tertiary/aromatic N) is 1. The first-order valence-electron chi connectivity index (χ1n) is 3.26. The third-order valence-corrected chi connectivity index (χ3v) is 1.51. The van der Waals surface area contributed by atoms with Crippen LogP contribution in [0.15, 0.2) is 42.6 Å². The van der Waals surface area contributed by atoms with Gasteiger partial charge in [0.05, 0.1) is 5.52 Å². The van der Waals surface area contributed by atoms with Crippen LogP contribution in [-0.2, 0) is 17.1 Å². The molecule has 1 aromatic carbocycles. The number of halogens is 2. The van der Waals surface area contributed by atoms with E-state index in [2.05, 4.69) is 17.1 Å². The number of hydrogen-bond donors (Lipinski definition) is 0. The van der Waals surface area contributed by atoms with Crippen molar-refractivity contribution in [2.75, 3.05) is 0 Å². The summed E-state index contributed by atoms with van der Waals surface area (Å²) in [5.41, 5.74) is 1.06. The van der Waals surface area contributed by atoms with Crippen molar-refractivity contribution in [3.63, 3.8) is 0 Å². The van der Waals surface area contributed by atoms with Gasteiger partial charge >= 0.3 is 17.1 Å². The molecule has 0 amide bonds. The normalized spacial score (nSPS) is 7.69. The molecular formula is C9H7Cl2FeN. The predicted octanol–water partition coefficient (Wildman–Crippen LogP) is -3.76. The van der Waals surface area contributed by atoms with Crippen LogP contribution in [-0.4, -0.2) is 4.98 Å². The van der Waals surface area contributed by atoms with Gasteiger partial charge in [0.1, 0.15) is 0 Å². The fourth-order valence-corrected chi connectivity index (χ4v) is 1.02. The molecule has 70 valence electrons. The van der Waals surface area contributed by atoms with Crippen molar-refractivity contribution in [3.8, 4) is 0 Å². The Morgan fingerprint density at radius 2 is 1.46 bits per heavy atom. The molecule has 0 saturated carbocycles. The zero-order valence-corrected chi connectivity index (χ0v) is 9.21. The summed E-state index contributed by atoms with van der Waals surface area (Å²) in [6, 6.07) is 12.1. The topological polar surface area (TPSA) is 12.9 Å². The molecule has 0 fully saturated rings. The third kappa shape index (κ3) is 3.53. The molecule has 0 aliphatic carbocycles. The standard InChI is InChI=1S/C9H7N.2ClH.Fe/c1-2-6-9-8(4-1)5-3-7-10-9;;;/h1-7H;2*1H;/q;;;+2/p-2. The van der Waals surface area contributed by atoms with Gasteiger partial charge in [0.25, 0.3) is 0 Å². The first-order valence-corrected chi connectivity index (χ1v) is 3.26. The van der Waals surface area contributed by atoms with Gasteiger partial charge in [-0.1, -0.05) is 24.3 Å². The first-order chi connectivity index (χ1) is 4.97. The Balaban J connectivity index is 0. The van der Waals surface area contributed by atoms with Gasteiger partial charge in [0.2, 0.25) is 0 Å². The smallest absolute Gasteiger partial charge is 1.00 e. The van der Waals surface area contributed by atoms with Crippen molar-refractivity contribution in [2.45, 2.75) is 0 Å². The molecule has 0 radical (unpaired) electrons. The summed E-state index contributed by atoms with van der Waals surface area (Å²) in [5, 5.41) is 1.20. The average molecular weight is 256 g/mol. The van der Waals surface area contributed by atoms with E-state index in [0.29, 0.717) is 0 Å². The molecule has 2 rings (SSSR count). The van der Waals surface area contributed by atoms with Crippen LogP contribution < -0.4 is 24.8 Å². The first kappa shape index (κ1) is 15.2. The largest absolute Gasteiger partial charge is 2.00 e. The van der Waals surface area contributed by atoms with Crippen molar-refractivity contribution < 1.29 is 41.9 Å². The summed E-state index contributed by atoms with van der Waals surface area (Å²) in [6.07, 6.45) is 1.81. The average Bonchev–Trinajstić information content (AvgIpc) is 2.05. The summed E-state index contributed by atoms with van der Waals surface area (Å²) >= 11 is 0. The van der Waals surface area contributed by atoms with Crippen molar-refractivity contribution in [1.82, 2.24) is 4.98 Å². The van der Waals surface area contributed by atoms with Crippen LogP contribution in [0.5, 0.6) is 0 Å². The van der Waals surface area contributed by atoms with Gasteiger partial charge in [-0.15, -0.1) is 0 Å². The molecule has 0 N–H and O–H groups in total. The van der Waals surface area contributed by atoms with Gasteiger partial charge in [-0.25, -0.2) is 0 Å².